The summed E-state index contributed by atoms with van der Waals surface area (Å²) in [6.45, 7) is 3.01. The Morgan fingerprint density at radius 2 is 2.43 bits per heavy atom. The third-order valence-corrected chi connectivity index (χ3v) is 2.72. The van der Waals surface area contributed by atoms with Gasteiger partial charge in [0.25, 0.3) is 0 Å². The van der Waals surface area contributed by atoms with Crippen LogP contribution in [0.3, 0.4) is 0 Å². The van der Waals surface area contributed by atoms with E-state index in [-0.39, 0.29) is 6.04 Å². The molecular weight excluding hydrogens is 176 g/mol. The largest absolute Gasteiger partial charge is 0.387 e. The predicted octanol–water partition coefficient (Wildman–Crippen LogP) is 1.18. The number of aliphatic hydroxyl groups is 1. The molecule has 1 saturated heterocycles. The zero-order valence-corrected chi connectivity index (χ0v) is 8.40. The van der Waals surface area contributed by atoms with E-state index in [1.54, 1.807) is 12.4 Å². The fourth-order valence-corrected chi connectivity index (χ4v) is 1.95. The molecule has 2 N–H and O–H groups in total. The van der Waals surface area contributed by atoms with Crippen LogP contribution >= 0.6 is 0 Å². The molecule has 1 unspecified atom stereocenters. The van der Waals surface area contributed by atoms with Gasteiger partial charge >= 0.3 is 0 Å². The molecule has 0 amide bonds. The van der Waals surface area contributed by atoms with Crippen LogP contribution in [0.4, 0.5) is 0 Å². The quantitative estimate of drug-likeness (QED) is 0.739. The lowest BCUT2D eigenvalue weighted by molar-refractivity contribution is 0.137. The number of nitrogens with one attached hydrogen (secondary N) is 1. The zero-order valence-electron chi connectivity index (χ0n) is 8.40. The van der Waals surface area contributed by atoms with Crippen LogP contribution in [-0.2, 0) is 0 Å². The zero-order chi connectivity index (χ0) is 9.97. The molecule has 1 fully saturated rings. The summed E-state index contributed by atoms with van der Waals surface area (Å²) < 4.78 is 0. The Morgan fingerprint density at radius 1 is 1.57 bits per heavy atom. The van der Waals surface area contributed by atoms with E-state index in [9.17, 15) is 5.11 Å². The first-order chi connectivity index (χ1) is 6.77. The normalized spacial score (nSPS) is 23.7. The lowest BCUT2D eigenvalue weighted by Crippen LogP contribution is -2.28. The highest BCUT2D eigenvalue weighted by molar-refractivity contribution is 5.20. The maximum absolute atomic E-state index is 10.0. The average molecular weight is 192 g/mol. The molecule has 2 heterocycles. The van der Waals surface area contributed by atoms with E-state index in [1.165, 1.54) is 0 Å². The number of nitrogens with zero attached hydrogens (tertiary/aromatic N) is 1. The molecule has 2 atom stereocenters. The van der Waals surface area contributed by atoms with Crippen molar-refractivity contribution in [3.63, 3.8) is 0 Å². The molecule has 0 saturated carbocycles. The lowest BCUT2D eigenvalue weighted by atomic mass is 10.0. The lowest BCUT2D eigenvalue weighted by Gasteiger charge is -2.18. The molecule has 0 radical (unpaired) electrons. The van der Waals surface area contributed by atoms with E-state index >= 15 is 0 Å². The van der Waals surface area contributed by atoms with Crippen molar-refractivity contribution < 1.29 is 5.11 Å². The van der Waals surface area contributed by atoms with Gasteiger partial charge in [0.1, 0.15) is 0 Å². The standard InChI is InChI=1S/C11H16N2O/c1-8-5-9(7-12-6-8)11(14)10-3-2-4-13-10/h5-7,10-11,13-14H,2-4H2,1H3/t10?,11-/m1/s1. The predicted molar refractivity (Wildman–Crippen MR) is 55.0 cm³/mol. The average Bonchev–Trinajstić information content (AvgIpc) is 2.69. The summed E-state index contributed by atoms with van der Waals surface area (Å²) >= 11 is 0. The number of aliphatic hydroxyl groups excluding tert-OH is 1. The molecule has 0 aliphatic carbocycles. The maximum atomic E-state index is 10.0. The highest BCUT2D eigenvalue weighted by atomic mass is 16.3. The number of rotatable bonds is 2. The first-order valence-electron chi connectivity index (χ1n) is 5.10. The van der Waals surface area contributed by atoms with E-state index in [1.807, 2.05) is 13.0 Å². The molecule has 0 aromatic carbocycles. The highest BCUT2D eigenvalue weighted by Gasteiger charge is 2.23. The molecule has 1 aromatic rings. The molecule has 0 spiro atoms. The molecule has 3 heteroatoms. The van der Waals surface area contributed by atoms with E-state index in [4.69, 9.17) is 0 Å². The van der Waals surface area contributed by atoms with Crippen molar-refractivity contribution in [2.45, 2.75) is 31.9 Å². The summed E-state index contributed by atoms with van der Waals surface area (Å²) in [6, 6.07) is 2.20. The summed E-state index contributed by atoms with van der Waals surface area (Å²) in [6.07, 6.45) is 5.34. The van der Waals surface area contributed by atoms with Crippen LogP contribution in [0.1, 0.15) is 30.1 Å². The third kappa shape index (κ3) is 1.94. The summed E-state index contributed by atoms with van der Waals surface area (Å²) in [5, 5.41) is 13.3. The van der Waals surface area contributed by atoms with Gasteiger partial charge in [-0.3, -0.25) is 4.98 Å². The number of pyridine rings is 1. The van der Waals surface area contributed by atoms with Crippen LogP contribution in [0.2, 0.25) is 0 Å². The van der Waals surface area contributed by atoms with Gasteiger partial charge in [0.05, 0.1) is 6.10 Å². The summed E-state index contributed by atoms with van der Waals surface area (Å²) in [5.74, 6) is 0. The van der Waals surface area contributed by atoms with Crippen LogP contribution < -0.4 is 5.32 Å². The molecular formula is C11H16N2O. The van der Waals surface area contributed by atoms with Crippen LogP contribution in [0.5, 0.6) is 0 Å². The minimum Gasteiger partial charge on any atom is -0.387 e. The van der Waals surface area contributed by atoms with E-state index in [2.05, 4.69) is 10.3 Å². The van der Waals surface area contributed by atoms with Crippen LogP contribution in [0.15, 0.2) is 18.5 Å². The van der Waals surface area contributed by atoms with Crippen molar-refractivity contribution in [1.82, 2.24) is 10.3 Å². The summed E-state index contributed by atoms with van der Waals surface area (Å²) in [5.41, 5.74) is 2.02. The fraction of sp³-hybridized carbons (Fsp3) is 0.545. The molecule has 0 bridgehead atoms. The van der Waals surface area contributed by atoms with Crippen LogP contribution in [-0.4, -0.2) is 22.7 Å². The van der Waals surface area contributed by atoms with Crippen LogP contribution in [0.25, 0.3) is 0 Å². The Bertz CT molecular complexity index is 308. The van der Waals surface area contributed by atoms with Crippen molar-refractivity contribution >= 4 is 0 Å². The Labute approximate surface area is 84.2 Å². The molecule has 2 rings (SSSR count). The van der Waals surface area contributed by atoms with E-state index in [0.717, 1.165) is 30.5 Å². The van der Waals surface area contributed by atoms with Gasteiger partial charge in [0.15, 0.2) is 0 Å². The van der Waals surface area contributed by atoms with Gasteiger partial charge in [-0.2, -0.15) is 0 Å². The molecule has 3 nitrogen and oxygen atoms in total. The second-order valence-corrected chi connectivity index (χ2v) is 3.94. The first kappa shape index (κ1) is 9.62. The van der Waals surface area contributed by atoms with Gasteiger partial charge < -0.3 is 10.4 Å². The number of aryl methyl sites for hydroxylation is 1. The van der Waals surface area contributed by atoms with Gasteiger partial charge in [-0.15, -0.1) is 0 Å². The molecule has 14 heavy (non-hydrogen) atoms. The van der Waals surface area contributed by atoms with Gasteiger partial charge in [-0.25, -0.2) is 0 Å². The van der Waals surface area contributed by atoms with Crippen molar-refractivity contribution in [3.8, 4) is 0 Å². The van der Waals surface area contributed by atoms with E-state index < -0.39 is 6.10 Å². The van der Waals surface area contributed by atoms with Gasteiger partial charge in [-0.05, 0) is 31.9 Å². The second-order valence-electron chi connectivity index (χ2n) is 3.94. The summed E-state index contributed by atoms with van der Waals surface area (Å²) in [4.78, 5) is 4.09. The highest BCUT2D eigenvalue weighted by Crippen LogP contribution is 2.22. The van der Waals surface area contributed by atoms with Crippen molar-refractivity contribution in [3.05, 3.63) is 29.6 Å². The third-order valence-electron chi connectivity index (χ3n) is 2.72. The second kappa shape index (κ2) is 4.07. The number of hydrogen-bond donors (Lipinski definition) is 2. The van der Waals surface area contributed by atoms with Crippen molar-refractivity contribution in [2.75, 3.05) is 6.54 Å². The SMILES string of the molecule is Cc1cncc([C@@H](O)C2CCCN2)c1. The fourth-order valence-electron chi connectivity index (χ4n) is 1.95. The van der Waals surface area contributed by atoms with Crippen LogP contribution in [0, 0.1) is 6.92 Å². The summed E-state index contributed by atoms with van der Waals surface area (Å²) in [7, 11) is 0. The maximum Gasteiger partial charge on any atom is 0.0957 e. The first-order valence-corrected chi connectivity index (χ1v) is 5.10. The minimum absolute atomic E-state index is 0.207. The Kier molecular flexibility index (Phi) is 2.79. The monoisotopic (exact) mass is 192 g/mol. The van der Waals surface area contributed by atoms with Crippen molar-refractivity contribution in [2.24, 2.45) is 0 Å². The smallest absolute Gasteiger partial charge is 0.0957 e. The Morgan fingerprint density at radius 3 is 3.07 bits per heavy atom. The number of aromatic nitrogens is 1. The minimum atomic E-state index is -0.412. The Hall–Kier alpha value is -0.930. The topological polar surface area (TPSA) is 45.2 Å². The number of hydrogen-bond acceptors (Lipinski definition) is 3. The van der Waals surface area contributed by atoms with Gasteiger partial charge in [-0.1, -0.05) is 6.07 Å². The van der Waals surface area contributed by atoms with Gasteiger partial charge in [0, 0.05) is 24.0 Å². The molecule has 1 aliphatic rings. The van der Waals surface area contributed by atoms with Gasteiger partial charge in [0.2, 0.25) is 0 Å². The molecule has 1 aromatic heterocycles. The molecule has 1 aliphatic heterocycles. The Balaban J connectivity index is 2.13. The molecule has 76 valence electrons. The van der Waals surface area contributed by atoms with E-state index in [0.29, 0.717) is 0 Å². The van der Waals surface area contributed by atoms with Crippen molar-refractivity contribution in [1.29, 1.82) is 0 Å².